The molecule has 1 aliphatic heterocycles. The number of esters is 1. The monoisotopic (exact) mass is 482 g/mol. The first-order valence-corrected chi connectivity index (χ1v) is 10.7. The third-order valence-electron chi connectivity index (χ3n) is 5.72. The number of carbonyl (C=O) groups excluding carboxylic acids is 1. The molecule has 178 valence electrons. The summed E-state index contributed by atoms with van der Waals surface area (Å²) in [4.78, 5) is 12.6. The van der Waals surface area contributed by atoms with Gasteiger partial charge in [0.25, 0.3) is 0 Å². The molecule has 3 aliphatic rings. The molecular formula is C17H20F6O7S. The molecule has 1 heterocycles. The molecule has 0 radical (unpaired) electrons. The molecule has 2 fully saturated rings. The Morgan fingerprint density at radius 2 is 1.77 bits per heavy atom. The van der Waals surface area contributed by atoms with Crippen molar-refractivity contribution in [2.24, 2.45) is 11.3 Å². The molecule has 0 spiro atoms. The summed E-state index contributed by atoms with van der Waals surface area (Å²) < 4.78 is 125. The lowest BCUT2D eigenvalue weighted by Gasteiger charge is -2.43. The maximum absolute atomic E-state index is 13.5. The Labute approximate surface area is 173 Å². The van der Waals surface area contributed by atoms with E-state index in [1.54, 1.807) is 6.08 Å². The second-order valence-corrected chi connectivity index (χ2v) is 9.64. The van der Waals surface area contributed by atoms with E-state index in [1.165, 1.54) is 0 Å². The van der Waals surface area contributed by atoms with E-state index in [1.807, 2.05) is 0 Å². The standard InChI is InChI=1S/C17H20F6O7S/c18-15(19)7-28-12(29-8-16(15,20)21)11-4-10-2-1-3-14(5-10,6-11)13(24)30-9-17(22,23)31(25,26)27/h4,11-12H,1-3,5-9H2,(H,25,26,27). The van der Waals surface area contributed by atoms with E-state index in [0.717, 1.165) is 0 Å². The van der Waals surface area contributed by atoms with E-state index < -0.39 is 70.6 Å². The minimum atomic E-state index is -5.81. The summed E-state index contributed by atoms with van der Waals surface area (Å²) in [7, 11) is -5.81. The zero-order valence-corrected chi connectivity index (χ0v) is 16.8. The van der Waals surface area contributed by atoms with Crippen LogP contribution in [0.25, 0.3) is 0 Å². The Morgan fingerprint density at radius 1 is 1.19 bits per heavy atom. The zero-order valence-electron chi connectivity index (χ0n) is 16.0. The number of alkyl halides is 6. The summed E-state index contributed by atoms with van der Waals surface area (Å²) in [6.07, 6.45) is 1.04. The molecule has 1 saturated carbocycles. The van der Waals surface area contributed by atoms with Crippen molar-refractivity contribution >= 4 is 16.1 Å². The number of carbonyl (C=O) groups is 1. The molecule has 0 aromatic carbocycles. The van der Waals surface area contributed by atoms with E-state index >= 15 is 0 Å². The highest BCUT2D eigenvalue weighted by molar-refractivity contribution is 7.86. The average molecular weight is 482 g/mol. The van der Waals surface area contributed by atoms with Crippen molar-refractivity contribution in [1.29, 1.82) is 0 Å². The van der Waals surface area contributed by atoms with Gasteiger partial charge in [-0.1, -0.05) is 11.6 Å². The quantitative estimate of drug-likeness (QED) is 0.278. The van der Waals surface area contributed by atoms with Crippen molar-refractivity contribution in [2.45, 2.75) is 55.5 Å². The van der Waals surface area contributed by atoms with Crippen molar-refractivity contribution < 1.29 is 58.3 Å². The van der Waals surface area contributed by atoms with Gasteiger partial charge in [0.1, 0.15) is 13.2 Å². The Hall–Kier alpha value is -1.38. The van der Waals surface area contributed by atoms with Gasteiger partial charge < -0.3 is 14.2 Å². The largest absolute Gasteiger partial charge is 0.458 e. The fourth-order valence-corrected chi connectivity index (χ4v) is 4.29. The third kappa shape index (κ3) is 4.71. The molecule has 2 unspecified atom stereocenters. The average Bonchev–Trinajstić information content (AvgIpc) is 2.74. The summed E-state index contributed by atoms with van der Waals surface area (Å²) in [6, 6.07) is 0. The molecule has 3 rings (SSSR count). The summed E-state index contributed by atoms with van der Waals surface area (Å²) >= 11 is 0. The van der Waals surface area contributed by atoms with Crippen LogP contribution in [0.2, 0.25) is 0 Å². The number of allylic oxidation sites excluding steroid dienone is 1. The van der Waals surface area contributed by atoms with Crippen LogP contribution in [0.15, 0.2) is 11.6 Å². The van der Waals surface area contributed by atoms with Gasteiger partial charge in [0, 0.05) is 5.92 Å². The van der Waals surface area contributed by atoms with Crippen molar-refractivity contribution in [3.8, 4) is 0 Å². The Balaban J connectivity index is 1.76. The summed E-state index contributed by atoms with van der Waals surface area (Å²) in [5.41, 5.74) is -0.761. The Morgan fingerprint density at radius 3 is 2.32 bits per heavy atom. The van der Waals surface area contributed by atoms with E-state index in [9.17, 15) is 39.6 Å². The van der Waals surface area contributed by atoms with Crippen LogP contribution < -0.4 is 0 Å². The molecule has 2 atom stereocenters. The van der Waals surface area contributed by atoms with Gasteiger partial charge in [-0.05, 0) is 32.1 Å². The van der Waals surface area contributed by atoms with Crippen molar-refractivity contribution in [3.63, 3.8) is 0 Å². The van der Waals surface area contributed by atoms with Crippen LogP contribution in [-0.4, -0.2) is 62.2 Å². The lowest BCUT2D eigenvalue weighted by atomic mass is 9.63. The maximum atomic E-state index is 13.5. The van der Waals surface area contributed by atoms with Crippen molar-refractivity contribution in [2.75, 3.05) is 19.8 Å². The molecule has 0 aromatic rings. The molecule has 0 aromatic heterocycles. The molecule has 7 nitrogen and oxygen atoms in total. The predicted octanol–water partition coefficient (Wildman–Crippen LogP) is 3.16. The molecule has 0 amide bonds. The highest BCUT2D eigenvalue weighted by atomic mass is 32.2. The van der Waals surface area contributed by atoms with Gasteiger partial charge in [0.05, 0.1) is 5.41 Å². The highest BCUT2D eigenvalue weighted by Gasteiger charge is 2.60. The van der Waals surface area contributed by atoms with Crippen LogP contribution in [-0.2, 0) is 29.1 Å². The van der Waals surface area contributed by atoms with Gasteiger partial charge in [-0.25, -0.2) is 0 Å². The number of hydrogen-bond acceptors (Lipinski definition) is 6. The Kier molecular flexibility index (Phi) is 6.17. The molecule has 2 bridgehead atoms. The summed E-state index contributed by atoms with van der Waals surface area (Å²) in [5.74, 6) is -11.0. The number of halogens is 6. The van der Waals surface area contributed by atoms with Gasteiger partial charge in [0.2, 0.25) is 0 Å². The van der Waals surface area contributed by atoms with Crippen LogP contribution in [0.3, 0.4) is 0 Å². The predicted molar refractivity (Wildman–Crippen MR) is 90.1 cm³/mol. The second-order valence-electron chi connectivity index (χ2n) is 8.09. The van der Waals surface area contributed by atoms with Crippen LogP contribution in [0.1, 0.15) is 32.1 Å². The molecule has 1 N–H and O–H groups in total. The van der Waals surface area contributed by atoms with E-state index in [-0.39, 0.29) is 19.3 Å². The first kappa shape index (κ1) is 24.3. The first-order chi connectivity index (χ1) is 14.1. The van der Waals surface area contributed by atoms with E-state index in [0.29, 0.717) is 18.4 Å². The van der Waals surface area contributed by atoms with E-state index in [2.05, 4.69) is 4.74 Å². The lowest BCUT2D eigenvalue weighted by molar-refractivity contribution is -0.222. The summed E-state index contributed by atoms with van der Waals surface area (Å²) in [5, 5.41) is -4.72. The minimum absolute atomic E-state index is 0.0822. The number of fused-ring (bicyclic) bond motifs is 2. The normalized spacial score (nSPS) is 31.5. The molecule has 2 aliphatic carbocycles. The lowest BCUT2D eigenvalue weighted by Crippen LogP contribution is -2.45. The zero-order chi connectivity index (χ0) is 23.3. The highest BCUT2D eigenvalue weighted by Crippen LogP contribution is 2.51. The van der Waals surface area contributed by atoms with Crippen LogP contribution in [0, 0.1) is 11.3 Å². The minimum Gasteiger partial charge on any atom is -0.458 e. The molecular weight excluding hydrogens is 462 g/mol. The maximum Gasteiger partial charge on any atom is 0.402 e. The number of ether oxygens (including phenoxy) is 3. The van der Waals surface area contributed by atoms with Crippen molar-refractivity contribution in [1.82, 2.24) is 0 Å². The van der Waals surface area contributed by atoms with Crippen molar-refractivity contribution in [3.05, 3.63) is 11.6 Å². The van der Waals surface area contributed by atoms with Crippen LogP contribution in [0.5, 0.6) is 0 Å². The van der Waals surface area contributed by atoms with Crippen LogP contribution >= 0.6 is 0 Å². The van der Waals surface area contributed by atoms with Gasteiger partial charge >= 0.3 is 33.2 Å². The smallest absolute Gasteiger partial charge is 0.402 e. The SMILES string of the molecule is O=C(OCC(F)(F)S(=O)(=O)O)C12CCCC(=CC(C3OCC(F)(F)C(F)(F)CO3)C1)C2. The third-order valence-corrected chi connectivity index (χ3v) is 6.59. The van der Waals surface area contributed by atoms with Gasteiger partial charge in [0.15, 0.2) is 12.9 Å². The molecule has 31 heavy (non-hydrogen) atoms. The van der Waals surface area contributed by atoms with E-state index in [4.69, 9.17) is 14.0 Å². The Bertz CT molecular complexity index is 841. The fourth-order valence-electron chi connectivity index (χ4n) is 4.08. The van der Waals surface area contributed by atoms with Crippen LogP contribution in [0.4, 0.5) is 26.3 Å². The second kappa shape index (κ2) is 7.89. The van der Waals surface area contributed by atoms with Gasteiger partial charge in [-0.2, -0.15) is 34.8 Å². The van der Waals surface area contributed by atoms with Gasteiger partial charge in [-0.15, -0.1) is 0 Å². The first-order valence-electron chi connectivity index (χ1n) is 9.29. The summed E-state index contributed by atoms with van der Waals surface area (Å²) in [6.45, 7) is -5.13. The number of rotatable bonds is 5. The fraction of sp³-hybridized carbons (Fsp3) is 0.824. The van der Waals surface area contributed by atoms with Gasteiger partial charge in [-0.3, -0.25) is 9.35 Å². The molecule has 14 heteroatoms. The molecule has 1 saturated heterocycles. The number of hydrogen-bond donors (Lipinski definition) is 1. The topological polar surface area (TPSA) is 99.1 Å².